The highest BCUT2D eigenvalue weighted by Gasteiger charge is 2.51. The number of carbonyl (C=O) groups is 2. The standard InChI is InChI=1S/C19H20N2O2/c1-2-14-8-10-15(11-9-14)17(22)20-21-18(23)19(12-13-19)16-6-4-3-5-7-16/h3-11H,2,12-13H2,1H3,(H,20,22)(H,21,23). The first kappa shape index (κ1) is 15.3. The van der Waals surface area contributed by atoms with E-state index in [-0.39, 0.29) is 11.8 Å². The van der Waals surface area contributed by atoms with Crippen molar-refractivity contribution in [3.63, 3.8) is 0 Å². The molecule has 4 heteroatoms. The van der Waals surface area contributed by atoms with Gasteiger partial charge in [-0.15, -0.1) is 0 Å². The van der Waals surface area contributed by atoms with E-state index >= 15 is 0 Å². The normalized spacial score (nSPS) is 14.8. The Hall–Kier alpha value is -2.62. The molecule has 4 nitrogen and oxygen atoms in total. The van der Waals surface area contributed by atoms with E-state index in [2.05, 4.69) is 17.8 Å². The summed E-state index contributed by atoms with van der Waals surface area (Å²) in [5.41, 5.74) is 7.31. The second kappa shape index (κ2) is 6.24. The van der Waals surface area contributed by atoms with Crippen LogP contribution in [0, 0.1) is 0 Å². The molecule has 1 fully saturated rings. The average molecular weight is 308 g/mol. The molecule has 118 valence electrons. The molecule has 0 saturated heterocycles. The number of amides is 2. The molecule has 0 spiro atoms. The summed E-state index contributed by atoms with van der Waals surface area (Å²) in [6, 6.07) is 17.1. The zero-order chi connectivity index (χ0) is 16.3. The topological polar surface area (TPSA) is 58.2 Å². The maximum atomic E-state index is 12.4. The summed E-state index contributed by atoms with van der Waals surface area (Å²) in [6.45, 7) is 2.06. The first-order valence-corrected chi connectivity index (χ1v) is 7.91. The molecule has 3 rings (SSSR count). The van der Waals surface area contributed by atoms with Crippen LogP contribution in [0.4, 0.5) is 0 Å². The van der Waals surface area contributed by atoms with Crippen molar-refractivity contribution in [1.82, 2.24) is 10.9 Å². The Labute approximate surface area is 135 Å². The van der Waals surface area contributed by atoms with Gasteiger partial charge in [-0.05, 0) is 42.5 Å². The first-order chi connectivity index (χ1) is 11.2. The van der Waals surface area contributed by atoms with Crippen LogP contribution in [0.1, 0.15) is 41.3 Å². The third-order valence-corrected chi connectivity index (χ3v) is 4.42. The summed E-state index contributed by atoms with van der Waals surface area (Å²) in [6.07, 6.45) is 2.55. The second-order valence-electron chi connectivity index (χ2n) is 5.91. The number of hydrogen-bond donors (Lipinski definition) is 2. The van der Waals surface area contributed by atoms with Gasteiger partial charge in [-0.1, -0.05) is 49.4 Å². The van der Waals surface area contributed by atoms with Crippen molar-refractivity contribution in [3.05, 3.63) is 71.3 Å². The van der Waals surface area contributed by atoms with Gasteiger partial charge in [0.2, 0.25) is 5.91 Å². The molecule has 0 unspecified atom stereocenters. The third kappa shape index (κ3) is 3.11. The van der Waals surface area contributed by atoms with Crippen molar-refractivity contribution in [2.24, 2.45) is 0 Å². The molecule has 2 aromatic rings. The van der Waals surface area contributed by atoms with Crippen LogP contribution in [0.5, 0.6) is 0 Å². The summed E-state index contributed by atoms with van der Waals surface area (Å²) < 4.78 is 0. The summed E-state index contributed by atoms with van der Waals surface area (Å²) in [5.74, 6) is -0.452. The van der Waals surface area contributed by atoms with E-state index in [1.807, 2.05) is 42.5 Å². The minimum Gasteiger partial charge on any atom is -0.272 e. The minimum absolute atomic E-state index is 0.151. The zero-order valence-corrected chi connectivity index (χ0v) is 13.1. The van der Waals surface area contributed by atoms with Crippen molar-refractivity contribution in [2.75, 3.05) is 0 Å². The maximum Gasteiger partial charge on any atom is 0.269 e. The highest BCUT2D eigenvalue weighted by atomic mass is 16.2. The molecule has 0 bridgehead atoms. The SMILES string of the molecule is CCc1ccc(C(=O)NNC(=O)C2(c3ccccc3)CC2)cc1. The number of hydrazine groups is 1. The van der Waals surface area contributed by atoms with Gasteiger partial charge in [0.1, 0.15) is 0 Å². The van der Waals surface area contributed by atoms with Gasteiger partial charge in [0, 0.05) is 5.56 Å². The highest BCUT2D eigenvalue weighted by Crippen LogP contribution is 2.48. The number of benzene rings is 2. The monoisotopic (exact) mass is 308 g/mol. The lowest BCUT2D eigenvalue weighted by Crippen LogP contribution is -2.46. The van der Waals surface area contributed by atoms with E-state index in [4.69, 9.17) is 0 Å². The van der Waals surface area contributed by atoms with Crippen molar-refractivity contribution in [1.29, 1.82) is 0 Å². The Balaban J connectivity index is 1.61. The van der Waals surface area contributed by atoms with Gasteiger partial charge in [0.25, 0.3) is 5.91 Å². The fourth-order valence-corrected chi connectivity index (χ4v) is 2.73. The molecule has 2 aromatic carbocycles. The van der Waals surface area contributed by atoms with Gasteiger partial charge < -0.3 is 0 Å². The molecule has 2 amide bonds. The van der Waals surface area contributed by atoms with E-state index in [9.17, 15) is 9.59 Å². The summed E-state index contributed by atoms with van der Waals surface area (Å²) in [5, 5.41) is 0. The van der Waals surface area contributed by atoms with Gasteiger partial charge in [0.05, 0.1) is 5.41 Å². The van der Waals surface area contributed by atoms with Crippen LogP contribution in [0.15, 0.2) is 54.6 Å². The summed E-state index contributed by atoms with van der Waals surface area (Å²) in [4.78, 5) is 24.5. The van der Waals surface area contributed by atoms with Crippen LogP contribution >= 0.6 is 0 Å². The largest absolute Gasteiger partial charge is 0.272 e. The third-order valence-electron chi connectivity index (χ3n) is 4.42. The van der Waals surface area contributed by atoms with E-state index in [1.54, 1.807) is 12.1 Å². The van der Waals surface area contributed by atoms with Crippen LogP contribution in [0.2, 0.25) is 0 Å². The molecule has 0 atom stereocenters. The van der Waals surface area contributed by atoms with Crippen LogP contribution in [-0.4, -0.2) is 11.8 Å². The molecule has 1 aliphatic carbocycles. The molecule has 2 N–H and O–H groups in total. The fraction of sp³-hybridized carbons (Fsp3) is 0.263. The van der Waals surface area contributed by atoms with Crippen LogP contribution in [-0.2, 0) is 16.6 Å². The molecule has 1 saturated carbocycles. The van der Waals surface area contributed by atoms with Crippen molar-refractivity contribution < 1.29 is 9.59 Å². The number of nitrogens with one attached hydrogen (secondary N) is 2. The van der Waals surface area contributed by atoms with Crippen molar-refractivity contribution in [3.8, 4) is 0 Å². The van der Waals surface area contributed by atoms with Gasteiger partial charge in [-0.25, -0.2) is 0 Å². The Morgan fingerprint density at radius 1 is 0.957 bits per heavy atom. The Kier molecular flexibility index (Phi) is 4.15. The Morgan fingerprint density at radius 2 is 1.61 bits per heavy atom. The average Bonchev–Trinajstić information content (AvgIpc) is 3.42. The van der Waals surface area contributed by atoms with Crippen LogP contribution < -0.4 is 10.9 Å². The van der Waals surface area contributed by atoms with Crippen LogP contribution in [0.25, 0.3) is 0 Å². The predicted octanol–water partition coefficient (Wildman–Crippen LogP) is 2.74. The van der Waals surface area contributed by atoms with Crippen LogP contribution in [0.3, 0.4) is 0 Å². The van der Waals surface area contributed by atoms with Gasteiger partial charge >= 0.3 is 0 Å². The molecule has 0 heterocycles. The van der Waals surface area contributed by atoms with E-state index in [0.29, 0.717) is 5.56 Å². The quantitative estimate of drug-likeness (QED) is 0.853. The predicted molar refractivity (Wildman–Crippen MR) is 88.8 cm³/mol. The van der Waals surface area contributed by atoms with E-state index in [1.165, 1.54) is 5.56 Å². The molecule has 0 aromatic heterocycles. The molecule has 1 aliphatic rings. The summed E-state index contributed by atoms with van der Waals surface area (Å²) >= 11 is 0. The lowest BCUT2D eigenvalue weighted by Gasteiger charge is -2.16. The molecule has 0 aliphatic heterocycles. The first-order valence-electron chi connectivity index (χ1n) is 7.91. The molecular formula is C19H20N2O2. The Morgan fingerprint density at radius 3 is 2.17 bits per heavy atom. The minimum atomic E-state index is -0.486. The van der Waals surface area contributed by atoms with E-state index < -0.39 is 5.41 Å². The lowest BCUT2D eigenvalue weighted by atomic mass is 9.95. The summed E-state index contributed by atoms with van der Waals surface area (Å²) in [7, 11) is 0. The zero-order valence-electron chi connectivity index (χ0n) is 13.1. The molecule has 23 heavy (non-hydrogen) atoms. The Bertz CT molecular complexity index is 704. The van der Waals surface area contributed by atoms with Gasteiger partial charge in [-0.3, -0.25) is 20.4 Å². The van der Waals surface area contributed by atoms with Crippen molar-refractivity contribution in [2.45, 2.75) is 31.6 Å². The fourth-order valence-electron chi connectivity index (χ4n) is 2.73. The highest BCUT2D eigenvalue weighted by molar-refractivity contribution is 5.97. The van der Waals surface area contributed by atoms with E-state index in [0.717, 1.165) is 24.8 Å². The lowest BCUT2D eigenvalue weighted by molar-refractivity contribution is -0.124. The smallest absolute Gasteiger partial charge is 0.269 e. The van der Waals surface area contributed by atoms with Gasteiger partial charge in [0.15, 0.2) is 0 Å². The number of carbonyl (C=O) groups excluding carboxylic acids is 2. The van der Waals surface area contributed by atoms with Gasteiger partial charge in [-0.2, -0.15) is 0 Å². The number of aryl methyl sites for hydroxylation is 1. The number of hydrogen-bond acceptors (Lipinski definition) is 2. The number of rotatable bonds is 4. The molecular weight excluding hydrogens is 288 g/mol. The molecule has 0 radical (unpaired) electrons. The maximum absolute atomic E-state index is 12.4. The second-order valence-corrected chi connectivity index (χ2v) is 5.91. The van der Waals surface area contributed by atoms with Crippen molar-refractivity contribution >= 4 is 11.8 Å².